The second-order valence-electron chi connectivity index (χ2n) is 4.24. The van der Waals surface area contributed by atoms with Gasteiger partial charge in [-0.3, -0.25) is 4.79 Å². The lowest BCUT2D eigenvalue weighted by molar-refractivity contribution is 0.0784. The number of fused-ring (bicyclic) bond motifs is 1. The van der Waals surface area contributed by atoms with E-state index in [1.807, 2.05) is 0 Å². The molecule has 1 aromatic rings. The normalized spacial score (nSPS) is 24.1. The van der Waals surface area contributed by atoms with Crippen LogP contribution < -0.4 is 5.32 Å². The lowest BCUT2D eigenvalue weighted by atomic mass is 9.98. The zero-order valence-electron chi connectivity index (χ0n) is 8.90. The van der Waals surface area contributed by atoms with Gasteiger partial charge >= 0.3 is 5.24 Å². The van der Waals surface area contributed by atoms with Gasteiger partial charge in [-0.25, -0.2) is 8.99 Å². The van der Waals surface area contributed by atoms with Gasteiger partial charge in [0.2, 0.25) is 0 Å². The molecule has 0 saturated carbocycles. The zero-order valence-corrected chi connectivity index (χ0v) is 9.72. The molecule has 3 N–H and O–H groups in total. The van der Waals surface area contributed by atoms with E-state index in [0.717, 1.165) is 0 Å². The first kappa shape index (κ1) is 11.1. The Hall–Kier alpha value is -1.40. The molecule has 6 heteroatoms. The van der Waals surface area contributed by atoms with Gasteiger partial charge in [0.05, 0.1) is 16.2 Å². The van der Waals surface area contributed by atoms with E-state index in [4.69, 9.17) is 4.78 Å². The van der Waals surface area contributed by atoms with Gasteiger partial charge in [0.25, 0.3) is 0 Å². The number of aliphatic hydroxyl groups is 1. The predicted molar refractivity (Wildman–Crippen MR) is 59.8 cm³/mol. The van der Waals surface area contributed by atoms with Crippen LogP contribution in [0.5, 0.6) is 0 Å². The van der Waals surface area contributed by atoms with Crippen LogP contribution in [0, 0.1) is 4.78 Å². The van der Waals surface area contributed by atoms with E-state index in [1.165, 1.54) is 6.07 Å². The van der Waals surface area contributed by atoms with Gasteiger partial charge in [-0.1, -0.05) is 6.07 Å². The maximum absolute atomic E-state index is 11.8. The van der Waals surface area contributed by atoms with E-state index in [9.17, 15) is 14.1 Å². The van der Waals surface area contributed by atoms with Crippen molar-refractivity contribution in [1.29, 1.82) is 4.78 Å². The van der Waals surface area contributed by atoms with Crippen LogP contribution in [0.4, 0.5) is 10.5 Å². The number of carbonyl (C=O) groups is 1. The Balaban J connectivity index is 2.66. The van der Waals surface area contributed by atoms with Crippen LogP contribution in [0.25, 0.3) is 0 Å². The number of benzene rings is 1. The smallest absolute Gasteiger partial charge is 0.326 e. The fourth-order valence-electron chi connectivity index (χ4n) is 1.53. The van der Waals surface area contributed by atoms with Gasteiger partial charge in [0, 0.05) is 0 Å². The van der Waals surface area contributed by atoms with Crippen LogP contribution in [0.15, 0.2) is 23.1 Å². The van der Waals surface area contributed by atoms with Crippen molar-refractivity contribution in [2.75, 3.05) is 5.32 Å². The number of hydrogen-bond acceptors (Lipinski definition) is 4. The van der Waals surface area contributed by atoms with Crippen molar-refractivity contribution in [1.82, 2.24) is 0 Å². The highest BCUT2D eigenvalue weighted by Gasteiger charge is 2.33. The van der Waals surface area contributed by atoms with Crippen LogP contribution in [0.1, 0.15) is 19.4 Å². The molecule has 16 heavy (non-hydrogen) atoms. The molecule has 0 radical (unpaired) electrons. The maximum atomic E-state index is 11.8. The van der Waals surface area contributed by atoms with Crippen molar-refractivity contribution in [3.05, 3.63) is 23.8 Å². The third-order valence-electron chi connectivity index (χ3n) is 2.50. The molecular weight excluding hydrogens is 228 g/mol. The number of amides is 1. The molecule has 5 nitrogen and oxygen atoms in total. The summed E-state index contributed by atoms with van der Waals surface area (Å²) in [4.78, 5) is 11.4. The average Bonchev–Trinajstić information content (AvgIpc) is 2.37. The lowest BCUT2D eigenvalue weighted by Crippen LogP contribution is -2.15. The fourth-order valence-corrected chi connectivity index (χ4v) is 2.70. The Kier molecular flexibility index (Phi) is 2.12. The molecule has 0 aromatic heterocycles. The number of anilines is 1. The van der Waals surface area contributed by atoms with Crippen LogP contribution >= 0.6 is 0 Å². The van der Waals surface area contributed by atoms with Crippen molar-refractivity contribution in [2.45, 2.75) is 24.3 Å². The van der Waals surface area contributed by atoms with E-state index < -0.39 is 20.6 Å². The Morgan fingerprint density at radius 3 is 2.62 bits per heavy atom. The highest BCUT2D eigenvalue weighted by molar-refractivity contribution is 8.07. The molecule has 1 heterocycles. The van der Waals surface area contributed by atoms with E-state index >= 15 is 0 Å². The number of rotatable bonds is 1. The monoisotopic (exact) mass is 240 g/mol. The second-order valence-corrected chi connectivity index (χ2v) is 6.16. The maximum Gasteiger partial charge on any atom is 0.326 e. The third kappa shape index (κ3) is 1.50. The molecule has 1 aliphatic rings. The minimum atomic E-state index is -3.43. The lowest BCUT2D eigenvalue weighted by Gasteiger charge is -2.18. The summed E-state index contributed by atoms with van der Waals surface area (Å²) < 4.78 is 19.3. The topological polar surface area (TPSA) is 90.2 Å². The summed E-state index contributed by atoms with van der Waals surface area (Å²) in [5.74, 6) is 0. The molecule has 0 aliphatic carbocycles. The van der Waals surface area contributed by atoms with Gasteiger partial charge in [0.15, 0.2) is 9.73 Å². The van der Waals surface area contributed by atoms with E-state index in [2.05, 4.69) is 5.32 Å². The minimum absolute atomic E-state index is 0.150. The highest BCUT2D eigenvalue weighted by atomic mass is 32.2. The summed E-state index contributed by atoms with van der Waals surface area (Å²) in [6.07, 6.45) is 0. The minimum Gasteiger partial charge on any atom is -0.386 e. The largest absolute Gasteiger partial charge is 0.386 e. The van der Waals surface area contributed by atoms with E-state index in [-0.39, 0.29) is 4.90 Å². The molecule has 0 fully saturated rings. The molecule has 2 rings (SSSR count). The molecular formula is C10H12N2O3S. The molecule has 1 amide bonds. The molecule has 0 bridgehead atoms. The predicted octanol–water partition coefficient (Wildman–Crippen LogP) is 1.87. The molecule has 1 unspecified atom stereocenters. The van der Waals surface area contributed by atoms with Gasteiger partial charge in [-0.05, 0) is 31.5 Å². The third-order valence-corrected chi connectivity index (χ3v) is 4.08. The Bertz CT molecular complexity index is 570. The van der Waals surface area contributed by atoms with Gasteiger partial charge < -0.3 is 10.4 Å². The van der Waals surface area contributed by atoms with Crippen LogP contribution in [0.3, 0.4) is 0 Å². The molecule has 1 atom stereocenters. The molecule has 0 saturated heterocycles. The summed E-state index contributed by atoms with van der Waals surface area (Å²) in [7, 11) is -3.43. The van der Waals surface area contributed by atoms with Crippen molar-refractivity contribution >= 4 is 20.7 Å². The van der Waals surface area contributed by atoms with Crippen molar-refractivity contribution in [3.8, 4) is 0 Å². The Morgan fingerprint density at radius 1 is 1.44 bits per heavy atom. The Morgan fingerprint density at radius 2 is 2.06 bits per heavy atom. The second kappa shape index (κ2) is 3.05. The van der Waals surface area contributed by atoms with Crippen LogP contribution in [-0.2, 0) is 15.3 Å². The molecule has 1 aliphatic heterocycles. The standard InChI is InChI=1S/C10H12N2O3S/c1-10(2,14)6-3-4-7-8(5-6)16(11,15)9(13)12-7/h3-5,11,14H,1-2H3,(H,12,13). The van der Waals surface area contributed by atoms with Gasteiger partial charge in [-0.15, -0.1) is 0 Å². The van der Waals surface area contributed by atoms with Gasteiger partial charge in [-0.2, -0.15) is 0 Å². The summed E-state index contributed by atoms with van der Waals surface area (Å²) in [6.45, 7) is 3.18. The summed E-state index contributed by atoms with van der Waals surface area (Å²) >= 11 is 0. The summed E-state index contributed by atoms with van der Waals surface area (Å²) in [5, 5.41) is 11.4. The molecule has 1 aromatic carbocycles. The fraction of sp³-hybridized carbons (Fsp3) is 0.300. The van der Waals surface area contributed by atoms with Crippen molar-refractivity contribution in [2.24, 2.45) is 0 Å². The number of carbonyl (C=O) groups excluding carboxylic acids is 1. The van der Waals surface area contributed by atoms with Crippen molar-refractivity contribution < 1.29 is 14.1 Å². The first-order valence-electron chi connectivity index (χ1n) is 4.69. The number of nitrogens with one attached hydrogen (secondary N) is 2. The number of hydrogen-bond donors (Lipinski definition) is 3. The van der Waals surface area contributed by atoms with Gasteiger partial charge in [0.1, 0.15) is 0 Å². The van der Waals surface area contributed by atoms with E-state index in [0.29, 0.717) is 11.3 Å². The quantitative estimate of drug-likeness (QED) is 0.699. The highest BCUT2D eigenvalue weighted by Crippen LogP contribution is 2.34. The first-order chi connectivity index (χ1) is 7.23. The summed E-state index contributed by atoms with van der Waals surface area (Å²) in [5.41, 5.74) is -0.170. The zero-order chi connectivity index (χ0) is 12.1. The Labute approximate surface area is 93.5 Å². The van der Waals surface area contributed by atoms with Crippen molar-refractivity contribution in [3.63, 3.8) is 0 Å². The van der Waals surface area contributed by atoms with Crippen LogP contribution in [0.2, 0.25) is 0 Å². The average molecular weight is 240 g/mol. The SMILES string of the molecule is CC(C)(O)c1ccc2c(c1)S(=N)(=O)C(=O)N2. The first-order valence-corrected chi connectivity index (χ1v) is 6.25. The van der Waals surface area contributed by atoms with Crippen LogP contribution in [-0.4, -0.2) is 14.6 Å². The summed E-state index contributed by atoms with van der Waals surface area (Å²) in [6, 6.07) is 4.64. The van der Waals surface area contributed by atoms with E-state index in [1.54, 1.807) is 26.0 Å². The molecule has 0 spiro atoms. The molecule has 86 valence electrons.